The van der Waals surface area contributed by atoms with E-state index in [2.05, 4.69) is 10.2 Å². The summed E-state index contributed by atoms with van der Waals surface area (Å²) in [6.45, 7) is 0.978. The third kappa shape index (κ3) is 3.73. The first kappa shape index (κ1) is 17.0. The minimum Gasteiger partial charge on any atom is -0.480 e. The molecule has 2 saturated carbocycles. The third-order valence-electron chi connectivity index (χ3n) is 5.53. The summed E-state index contributed by atoms with van der Waals surface area (Å²) in [6, 6.07) is 14.1. The lowest BCUT2D eigenvalue weighted by molar-refractivity contribution is -0.139. The van der Waals surface area contributed by atoms with E-state index in [0.717, 1.165) is 30.2 Å². The number of nitrogens with one attached hydrogen (secondary N) is 1. The van der Waals surface area contributed by atoms with Crippen molar-refractivity contribution < 1.29 is 14.7 Å². The molecule has 2 N–H and O–H groups in total. The monoisotopic (exact) mass is 352 g/mol. The van der Waals surface area contributed by atoms with Gasteiger partial charge < -0.3 is 10.4 Å². The molecule has 2 aromatic carbocycles. The molecule has 5 nitrogen and oxygen atoms in total. The van der Waals surface area contributed by atoms with E-state index >= 15 is 0 Å². The molecule has 0 bridgehead atoms. The van der Waals surface area contributed by atoms with Crippen molar-refractivity contribution in [3.8, 4) is 0 Å². The van der Waals surface area contributed by atoms with E-state index in [0.29, 0.717) is 11.5 Å². The van der Waals surface area contributed by atoms with Gasteiger partial charge in [0.2, 0.25) is 0 Å². The van der Waals surface area contributed by atoms with E-state index in [1.54, 1.807) is 0 Å². The molecule has 1 amide bonds. The molecule has 0 aromatic heterocycles. The lowest BCUT2D eigenvalue weighted by Gasteiger charge is -2.42. The normalized spacial score (nSPS) is 22.2. The van der Waals surface area contributed by atoms with Crippen LogP contribution in [-0.4, -0.2) is 47.1 Å². The molecule has 0 saturated heterocycles. The van der Waals surface area contributed by atoms with E-state index in [-0.39, 0.29) is 24.5 Å². The van der Waals surface area contributed by atoms with Gasteiger partial charge in [0.15, 0.2) is 0 Å². The van der Waals surface area contributed by atoms with Gasteiger partial charge in [0.1, 0.15) is 0 Å². The Morgan fingerprint density at radius 3 is 2.54 bits per heavy atom. The van der Waals surface area contributed by atoms with Crippen LogP contribution in [0.15, 0.2) is 42.5 Å². The van der Waals surface area contributed by atoms with Gasteiger partial charge in [-0.25, -0.2) is 0 Å². The SMILES string of the molecule is O=C(O)CN(CC1CC1)C1CC(NC(=O)c2cccc3ccccc23)C1. The van der Waals surface area contributed by atoms with E-state index in [4.69, 9.17) is 5.11 Å². The molecule has 2 aliphatic rings. The van der Waals surface area contributed by atoms with Gasteiger partial charge in [-0.15, -0.1) is 0 Å². The van der Waals surface area contributed by atoms with Gasteiger partial charge in [0.25, 0.3) is 5.91 Å². The highest BCUT2D eigenvalue weighted by atomic mass is 16.4. The molecule has 0 unspecified atom stereocenters. The number of carbonyl (C=O) groups is 2. The van der Waals surface area contributed by atoms with Gasteiger partial charge in [-0.3, -0.25) is 14.5 Å². The minimum atomic E-state index is -0.770. The van der Waals surface area contributed by atoms with Crippen LogP contribution >= 0.6 is 0 Å². The summed E-state index contributed by atoms with van der Waals surface area (Å²) in [5, 5.41) is 14.3. The number of carboxylic acids is 1. The Labute approximate surface area is 153 Å². The van der Waals surface area contributed by atoms with Gasteiger partial charge in [-0.1, -0.05) is 36.4 Å². The summed E-state index contributed by atoms with van der Waals surface area (Å²) in [4.78, 5) is 25.9. The number of fused-ring (bicyclic) bond motifs is 1. The highest BCUT2D eigenvalue weighted by molar-refractivity contribution is 6.07. The fourth-order valence-electron chi connectivity index (χ4n) is 3.84. The number of benzene rings is 2. The van der Waals surface area contributed by atoms with E-state index in [1.807, 2.05) is 42.5 Å². The Morgan fingerprint density at radius 2 is 1.81 bits per heavy atom. The highest BCUT2D eigenvalue weighted by Gasteiger charge is 2.37. The lowest BCUT2D eigenvalue weighted by Crippen LogP contribution is -2.55. The predicted octanol–water partition coefficient (Wildman–Crippen LogP) is 2.90. The molecule has 2 aliphatic carbocycles. The predicted molar refractivity (Wildman–Crippen MR) is 100 cm³/mol. The summed E-state index contributed by atoms with van der Waals surface area (Å²) >= 11 is 0. The molecular formula is C21H24N2O3. The summed E-state index contributed by atoms with van der Waals surface area (Å²) in [5.41, 5.74) is 0.701. The zero-order valence-electron chi connectivity index (χ0n) is 14.7. The number of carboxylic acid groups (broad SMARTS) is 1. The summed E-state index contributed by atoms with van der Waals surface area (Å²) in [7, 11) is 0. The van der Waals surface area contributed by atoms with Crippen molar-refractivity contribution in [2.45, 2.75) is 37.8 Å². The fraction of sp³-hybridized carbons (Fsp3) is 0.429. The van der Waals surface area contributed by atoms with Gasteiger partial charge in [-0.05, 0) is 48.4 Å². The smallest absolute Gasteiger partial charge is 0.317 e. The van der Waals surface area contributed by atoms with Crippen LogP contribution in [0, 0.1) is 5.92 Å². The Bertz CT molecular complexity index is 820. The van der Waals surface area contributed by atoms with Crippen molar-refractivity contribution >= 4 is 22.6 Å². The van der Waals surface area contributed by atoms with Crippen LogP contribution in [0.1, 0.15) is 36.0 Å². The number of hydrogen-bond acceptors (Lipinski definition) is 3. The van der Waals surface area contributed by atoms with E-state index in [1.165, 1.54) is 12.8 Å². The largest absolute Gasteiger partial charge is 0.480 e. The number of rotatable bonds is 7. The van der Waals surface area contributed by atoms with Crippen molar-refractivity contribution in [2.24, 2.45) is 5.92 Å². The number of carbonyl (C=O) groups excluding carboxylic acids is 1. The summed E-state index contributed by atoms with van der Waals surface area (Å²) < 4.78 is 0. The second kappa shape index (κ2) is 7.08. The third-order valence-corrected chi connectivity index (χ3v) is 5.53. The quantitative estimate of drug-likeness (QED) is 0.804. The number of aliphatic carboxylic acids is 1. The molecular weight excluding hydrogens is 328 g/mol. The average Bonchev–Trinajstić information content (AvgIpc) is 3.40. The van der Waals surface area contributed by atoms with Crippen LogP contribution < -0.4 is 5.32 Å². The van der Waals surface area contributed by atoms with Gasteiger partial charge >= 0.3 is 5.97 Å². The van der Waals surface area contributed by atoms with Crippen molar-refractivity contribution in [2.75, 3.05) is 13.1 Å². The zero-order valence-corrected chi connectivity index (χ0v) is 14.7. The maximum absolute atomic E-state index is 12.7. The Balaban J connectivity index is 1.36. The first-order valence-electron chi connectivity index (χ1n) is 9.34. The van der Waals surface area contributed by atoms with Crippen LogP contribution in [0.2, 0.25) is 0 Å². The van der Waals surface area contributed by atoms with Gasteiger partial charge in [0, 0.05) is 24.2 Å². The van der Waals surface area contributed by atoms with Gasteiger partial charge in [-0.2, -0.15) is 0 Å². The lowest BCUT2D eigenvalue weighted by atomic mass is 9.85. The second-order valence-electron chi connectivity index (χ2n) is 7.59. The molecule has 5 heteroatoms. The zero-order chi connectivity index (χ0) is 18.1. The molecule has 4 rings (SSSR count). The first-order valence-corrected chi connectivity index (χ1v) is 9.34. The number of nitrogens with zero attached hydrogens (tertiary/aromatic N) is 1. The van der Waals surface area contributed by atoms with Crippen LogP contribution in [-0.2, 0) is 4.79 Å². The van der Waals surface area contributed by atoms with E-state index in [9.17, 15) is 9.59 Å². The molecule has 2 aromatic rings. The molecule has 136 valence electrons. The molecule has 2 fully saturated rings. The highest BCUT2D eigenvalue weighted by Crippen LogP contribution is 2.34. The Kier molecular flexibility index (Phi) is 4.64. The standard InChI is InChI=1S/C21H24N2O3/c24-20(25)13-23(12-14-8-9-14)17-10-16(11-17)22-21(26)19-7-3-5-15-4-1-2-6-18(15)19/h1-7,14,16-17H,8-13H2,(H,22,26)(H,24,25). The second-order valence-corrected chi connectivity index (χ2v) is 7.59. The fourth-order valence-corrected chi connectivity index (χ4v) is 3.84. The van der Waals surface area contributed by atoms with Crippen molar-refractivity contribution in [1.29, 1.82) is 0 Å². The van der Waals surface area contributed by atoms with Gasteiger partial charge in [0.05, 0.1) is 6.54 Å². The van der Waals surface area contributed by atoms with Crippen LogP contribution in [0.5, 0.6) is 0 Å². The van der Waals surface area contributed by atoms with Crippen LogP contribution in [0.3, 0.4) is 0 Å². The topological polar surface area (TPSA) is 69.6 Å². The van der Waals surface area contributed by atoms with Crippen LogP contribution in [0.25, 0.3) is 10.8 Å². The summed E-state index contributed by atoms with van der Waals surface area (Å²) in [6.07, 6.45) is 4.08. The molecule has 26 heavy (non-hydrogen) atoms. The molecule has 0 atom stereocenters. The molecule has 0 aliphatic heterocycles. The number of hydrogen-bond donors (Lipinski definition) is 2. The van der Waals surface area contributed by atoms with Crippen molar-refractivity contribution in [1.82, 2.24) is 10.2 Å². The summed E-state index contributed by atoms with van der Waals surface area (Å²) in [5.74, 6) is -0.148. The Morgan fingerprint density at radius 1 is 1.08 bits per heavy atom. The van der Waals surface area contributed by atoms with E-state index < -0.39 is 5.97 Å². The van der Waals surface area contributed by atoms with Crippen molar-refractivity contribution in [3.05, 3.63) is 48.0 Å². The first-order chi connectivity index (χ1) is 12.6. The number of amides is 1. The molecule has 0 heterocycles. The average molecular weight is 352 g/mol. The maximum atomic E-state index is 12.7. The van der Waals surface area contributed by atoms with Crippen LogP contribution in [0.4, 0.5) is 0 Å². The maximum Gasteiger partial charge on any atom is 0.317 e. The Hall–Kier alpha value is -2.40. The molecule has 0 spiro atoms. The molecule has 0 radical (unpaired) electrons. The minimum absolute atomic E-state index is 0.0442. The van der Waals surface area contributed by atoms with Crippen molar-refractivity contribution in [3.63, 3.8) is 0 Å².